The van der Waals surface area contributed by atoms with Crippen molar-refractivity contribution in [3.8, 4) is 0 Å². The smallest absolute Gasteiger partial charge is 0.263 e. The minimum absolute atomic E-state index is 0.00109. The molecule has 1 aromatic heterocycles. The lowest BCUT2D eigenvalue weighted by molar-refractivity contribution is 0.102. The predicted octanol–water partition coefficient (Wildman–Crippen LogP) is 1.64. The molecule has 2 aromatic rings. The third kappa shape index (κ3) is 2.63. The molecule has 0 aliphatic carbocycles. The third-order valence-corrected chi connectivity index (χ3v) is 2.48. The standard InChI is InChI=1S/C13H13N3O2/c1-8-3-5-10(6-4-8)16-13(18)11-7-14-9(2)15-12(11)17/h3-7H,1-2H3,(H,16,18)(H,14,15,17). The molecule has 0 bridgehead atoms. The van der Waals surface area contributed by atoms with Crippen LogP contribution in [0, 0.1) is 13.8 Å². The van der Waals surface area contributed by atoms with E-state index in [4.69, 9.17) is 0 Å². The van der Waals surface area contributed by atoms with Gasteiger partial charge in [-0.3, -0.25) is 9.59 Å². The summed E-state index contributed by atoms with van der Waals surface area (Å²) in [5.41, 5.74) is 1.31. The van der Waals surface area contributed by atoms with Crippen molar-refractivity contribution >= 4 is 11.6 Å². The van der Waals surface area contributed by atoms with Crippen LogP contribution in [-0.2, 0) is 0 Å². The van der Waals surface area contributed by atoms with E-state index in [-0.39, 0.29) is 5.56 Å². The summed E-state index contributed by atoms with van der Waals surface area (Å²) in [6, 6.07) is 7.33. The van der Waals surface area contributed by atoms with Crippen LogP contribution in [0.2, 0.25) is 0 Å². The zero-order valence-electron chi connectivity index (χ0n) is 10.2. The van der Waals surface area contributed by atoms with Crippen molar-refractivity contribution < 1.29 is 4.79 Å². The summed E-state index contributed by atoms with van der Waals surface area (Å²) < 4.78 is 0. The summed E-state index contributed by atoms with van der Waals surface area (Å²) in [5, 5.41) is 2.65. The minimum Gasteiger partial charge on any atom is -0.322 e. The van der Waals surface area contributed by atoms with Crippen LogP contribution in [0.1, 0.15) is 21.7 Å². The van der Waals surface area contributed by atoms with Gasteiger partial charge in [-0.1, -0.05) is 17.7 Å². The molecule has 1 heterocycles. The number of aromatic nitrogens is 2. The average Bonchev–Trinajstić information content (AvgIpc) is 2.32. The van der Waals surface area contributed by atoms with Crippen LogP contribution in [0.15, 0.2) is 35.3 Å². The number of amides is 1. The van der Waals surface area contributed by atoms with E-state index in [1.54, 1.807) is 19.1 Å². The number of aryl methyl sites for hydroxylation is 2. The summed E-state index contributed by atoms with van der Waals surface area (Å²) in [6.07, 6.45) is 1.28. The van der Waals surface area contributed by atoms with Crippen molar-refractivity contribution in [1.82, 2.24) is 9.97 Å². The molecule has 92 valence electrons. The highest BCUT2D eigenvalue weighted by atomic mass is 16.2. The molecule has 2 N–H and O–H groups in total. The highest BCUT2D eigenvalue weighted by molar-refractivity contribution is 6.03. The maximum absolute atomic E-state index is 11.9. The molecular formula is C13H13N3O2. The second kappa shape index (κ2) is 4.83. The van der Waals surface area contributed by atoms with Gasteiger partial charge in [0.2, 0.25) is 0 Å². The molecule has 18 heavy (non-hydrogen) atoms. The van der Waals surface area contributed by atoms with Gasteiger partial charge < -0.3 is 10.3 Å². The number of benzene rings is 1. The molecule has 0 spiro atoms. The molecule has 0 fully saturated rings. The molecule has 0 unspecified atom stereocenters. The molecule has 0 radical (unpaired) electrons. The normalized spacial score (nSPS) is 10.1. The Bertz CT molecular complexity index is 629. The first kappa shape index (κ1) is 12.0. The SMILES string of the molecule is Cc1ccc(NC(=O)c2cnc(C)[nH]c2=O)cc1. The van der Waals surface area contributed by atoms with Crippen LogP contribution >= 0.6 is 0 Å². The zero-order chi connectivity index (χ0) is 13.1. The topological polar surface area (TPSA) is 74.8 Å². The number of carbonyl (C=O) groups is 1. The zero-order valence-corrected chi connectivity index (χ0v) is 10.2. The van der Waals surface area contributed by atoms with Crippen molar-refractivity contribution in [2.24, 2.45) is 0 Å². The van der Waals surface area contributed by atoms with Gasteiger partial charge in [0, 0.05) is 11.9 Å². The van der Waals surface area contributed by atoms with Crippen molar-refractivity contribution in [2.45, 2.75) is 13.8 Å². The lowest BCUT2D eigenvalue weighted by Crippen LogP contribution is -2.24. The molecule has 0 aliphatic rings. The number of nitrogens with zero attached hydrogens (tertiary/aromatic N) is 1. The van der Waals surface area contributed by atoms with Crippen molar-refractivity contribution in [2.75, 3.05) is 5.32 Å². The average molecular weight is 243 g/mol. The molecule has 1 aromatic carbocycles. The summed E-state index contributed by atoms with van der Waals surface area (Å²) in [7, 11) is 0. The lowest BCUT2D eigenvalue weighted by Gasteiger charge is -2.04. The Labute approximate surface area is 104 Å². The highest BCUT2D eigenvalue weighted by Crippen LogP contribution is 2.09. The Kier molecular flexibility index (Phi) is 3.23. The largest absolute Gasteiger partial charge is 0.322 e. The second-order valence-electron chi connectivity index (χ2n) is 4.03. The van der Waals surface area contributed by atoms with Gasteiger partial charge in [0.1, 0.15) is 11.4 Å². The molecule has 0 saturated carbocycles. The Balaban J connectivity index is 2.22. The van der Waals surface area contributed by atoms with Crippen molar-refractivity contribution in [1.29, 1.82) is 0 Å². The number of H-pyrrole nitrogens is 1. The monoisotopic (exact) mass is 243 g/mol. The number of anilines is 1. The first-order chi connectivity index (χ1) is 8.56. The van der Waals surface area contributed by atoms with E-state index in [0.29, 0.717) is 11.5 Å². The molecule has 1 amide bonds. The molecule has 2 rings (SSSR count). The maximum atomic E-state index is 11.9. The molecule has 5 nitrogen and oxygen atoms in total. The minimum atomic E-state index is -0.465. The fourth-order valence-electron chi connectivity index (χ4n) is 1.48. The van der Waals surface area contributed by atoms with Gasteiger partial charge in [-0.2, -0.15) is 0 Å². The van der Waals surface area contributed by atoms with Crippen LogP contribution in [-0.4, -0.2) is 15.9 Å². The van der Waals surface area contributed by atoms with Crippen molar-refractivity contribution in [3.63, 3.8) is 0 Å². The number of hydrogen-bond acceptors (Lipinski definition) is 3. The quantitative estimate of drug-likeness (QED) is 0.842. The van der Waals surface area contributed by atoms with Crippen molar-refractivity contribution in [3.05, 3.63) is 57.8 Å². The number of hydrogen-bond donors (Lipinski definition) is 2. The van der Waals surface area contributed by atoms with E-state index in [2.05, 4.69) is 15.3 Å². The Morgan fingerprint density at radius 3 is 2.50 bits per heavy atom. The first-order valence-electron chi connectivity index (χ1n) is 5.50. The van der Waals surface area contributed by atoms with Gasteiger partial charge in [0.15, 0.2) is 0 Å². The van der Waals surface area contributed by atoms with E-state index in [9.17, 15) is 9.59 Å². The van der Waals surface area contributed by atoms with E-state index < -0.39 is 11.5 Å². The summed E-state index contributed by atoms with van der Waals surface area (Å²) in [6.45, 7) is 3.61. The highest BCUT2D eigenvalue weighted by Gasteiger charge is 2.11. The number of nitrogens with one attached hydrogen (secondary N) is 2. The molecule has 5 heteroatoms. The maximum Gasteiger partial charge on any atom is 0.263 e. The van der Waals surface area contributed by atoms with Gasteiger partial charge in [-0.05, 0) is 26.0 Å². The Hall–Kier alpha value is -2.43. The third-order valence-electron chi connectivity index (χ3n) is 2.48. The molecule has 0 saturated heterocycles. The van der Waals surface area contributed by atoms with Gasteiger partial charge in [0.05, 0.1) is 0 Å². The fraction of sp³-hybridized carbons (Fsp3) is 0.154. The van der Waals surface area contributed by atoms with Crippen LogP contribution in [0.5, 0.6) is 0 Å². The Morgan fingerprint density at radius 1 is 1.22 bits per heavy atom. The number of rotatable bonds is 2. The van der Waals surface area contributed by atoms with Gasteiger partial charge in [0.25, 0.3) is 11.5 Å². The first-order valence-corrected chi connectivity index (χ1v) is 5.50. The van der Waals surface area contributed by atoms with E-state index in [1.165, 1.54) is 6.20 Å². The van der Waals surface area contributed by atoms with Gasteiger partial charge in [-0.15, -0.1) is 0 Å². The van der Waals surface area contributed by atoms with E-state index >= 15 is 0 Å². The molecule has 0 atom stereocenters. The summed E-state index contributed by atoms with van der Waals surface area (Å²) in [5.74, 6) is 0.0134. The molecule has 0 aliphatic heterocycles. The Morgan fingerprint density at radius 2 is 1.89 bits per heavy atom. The van der Waals surface area contributed by atoms with Gasteiger partial charge in [-0.25, -0.2) is 4.98 Å². The van der Waals surface area contributed by atoms with Crippen LogP contribution in [0.4, 0.5) is 5.69 Å². The second-order valence-corrected chi connectivity index (χ2v) is 4.03. The fourth-order valence-corrected chi connectivity index (χ4v) is 1.48. The predicted molar refractivity (Wildman–Crippen MR) is 68.7 cm³/mol. The van der Waals surface area contributed by atoms with E-state index in [1.807, 2.05) is 19.1 Å². The van der Waals surface area contributed by atoms with Crippen LogP contribution in [0.3, 0.4) is 0 Å². The number of aromatic amines is 1. The van der Waals surface area contributed by atoms with E-state index in [0.717, 1.165) is 5.56 Å². The molecular weight excluding hydrogens is 230 g/mol. The summed E-state index contributed by atoms with van der Waals surface area (Å²) >= 11 is 0. The summed E-state index contributed by atoms with van der Waals surface area (Å²) in [4.78, 5) is 29.8. The van der Waals surface area contributed by atoms with Crippen LogP contribution < -0.4 is 10.9 Å². The van der Waals surface area contributed by atoms with Crippen LogP contribution in [0.25, 0.3) is 0 Å². The lowest BCUT2D eigenvalue weighted by atomic mass is 10.2. The number of carbonyl (C=O) groups excluding carboxylic acids is 1. The van der Waals surface area contributed by atoms with Gasteiger partial charge >= 0.3 is 0 Å².